The maximum absolute atomic E-state index is 13.6. The van der Waals surface area contributed by atoms with Gasteiger partial charge in [-0.3, -0.25) is 4.79 Å². The van der Waals surface area contributed by atoms with E-state index in [2.05, 4.69) is 0 Å². The molecule has 124 valence electrons. The fraction of sp³-hybridized carbons (Fsp3) is 0.222. The third-order valence-corrected chi connectivity index (χ3v) is 3.93. The Hall–Kier alpha value is -2.89. The molecule has 1 unspecified atom stereocenters. The van der Waals surface area contributed by atoms with Crippen molar-refractivity contribution in [3.05, 3.63) is 59.4 Å². The number of nitrogens with zero attached hydrogens (tertiary/aromatic N) is 1. The maximum Gasteiger partial charge on any atom is 0.335 e. The van der Waals surface area contributed by atoms with Crippen molar-refractivity contribution < 1.29 is 23.8 Å². The van der Waals surface area contributed by atoms with Gasteiger partial charge in [-0.2, -0.15) is 0 Å². The molecule has 2 aromatic carbocycles. The molecule has 5 nitrogen and oxygen atoms in total. The molecule has 0 fully saturated rings. The van der Waals surface area contributed by atoms with E-state index in [1.165, 1.54) is 35.2 Å². The number of carboxylic acids is 1. The van der Waals surface area contributed by atoms with Crippen molar-refractivity contribution in [1.29, 1.82) is 0 Å². The molecule has 1 heterocycles. The number of carboxylic acid groups (broad SMARTS) is 1. The third-order valence-electron chi connectivity index (χ3n) is 3.93. The van der Waals surface area contributed by atoms with Crippen LogP contribution in [-0.2, 0) is 11.3 Å². The van der Waals surface area contributed by atoms with E-state index >= 15 is 0 Å². The molecule has 0 bridgehead atoms. The number of carbonyl (C=O) groups excluding carboxylic acids is 1. The second-order valence-corrected chi connectivity index (χ2v) is 5.55. The minimum absolute atomic E-state index is 0.171. The number of hydrogen-bond acceptors (Lipinski definition) is 3. The molecule has 2 aromatic rings. The van der Waals surface area contributed by atoms with Crippen LogP contribution in [0.5, 0.6) is 5.75 Å². The molecule has 0 spiro atoms. The first kappa shape index (κ1) is 16.0. The highest BCUT2D eigenvalue weighted by Crippen LogP contribution is 2.36. The molecule has 1 N–H and O–H groups in total. The number of anilines is 1. The van der Waals surface area contributed by atoms with Crippen molar-refractivity contribution in [2.24, 2.45) is 0 Å². The van der Waals surface area contributed by atoms with E-state index in [0.717, 1.165) is 5.56 Å². The predicted molar refractivity (Wildman–Crippen MR) is 85.7 cm³/mol. The molecule has 3 rings (SSSR count). The van der Waals surface area contributed by atoms with E-state index in [0.29, 0.717) is 17.9 Å². The molecule has 1 amide bonds. The average molecular weight is 329 g/mol. The minimum atomic E-state index is -1.01. The first-order valence-electron chi connectivity index (χ1n) is 7.59. The number of fused-ring (bicyclic) bond motifs is 1. The first-order chi connectivity index (χ1) is 11.5. The van der Waals surface area contributed by atoms with Crippen molar-refractivity contribution in [3.8, 4) is 5.75 Å². The Bertz CT molecular complexity index is 788. The summed E-state index contributed by atoms with van der Waals surface area (Å²) in [5, 5.41) is 8.94. The Balaban J connectivity index is 1.94. The van der Waals surface area contributed by atoms with Crippen LogP contribution in [0, 0.1) is 5.82 Å². The topological polar surface area (TPSA) is 66.8 Å². The molecule has 24 heavy (non-hydrogen) atoms. The summed E-state index contributed by atoms with van der Waals surface area (Å²) in [4.78, 5) is 25.0. The van der Waals surface area contributed by atoms with E-state index in [1.54, 1.807) is 12.1 Å². The average Bonchev–Trinajstić information content (AvgIpc) is 2.58. The zero-order chi connectivity index (χ0) is 17.3. The van der Waals surface area contributed by atoms with Gasteiger partial charge in [-0.05, 0) is 36.2 Å². The van der Waals surface area contributed by atoms with E-state index in [1.807, 2.05) is 6.92 Å². The molecule has 0 aliphatic carbocycles. The standard InChI is InChI=1S/C18H16FNO4/c1-2-15-17(21)20(14-9-13(19)7-8-16(14)24-15)10-11-3-5-12(6-4-11)18(22)23/h3-9,15H,2,10H2,1H3,(H,22,23). The molecule has 6 heteroatoms. The van der Waals surface area contributed by atoms with Crippen LogP contribution in [-0.4, -0.2) is 23.1 Å². The highest BCUT2D eigenvalue weighted by atomic mass is 19.1. The second-order valence-electron chi connectivity index (χ2n) is 5.55. The number of benzene rings is 2. The highest BCUT2D eigenvalue weighted by molar-refractivity contribution is 6.00. The van der Waals surface area contributed by atoms with Crippen LogP contribution in [0.4, 0.5) is 10.1 Å². The zero-order valence-electron chi connectivity index (χ0n) is 13.0. The quantitative estimate of drug-likeness (QED) is 0.935. The number of rotatable bonds is 4. The Kier molecular flexibility index (Phi) is 4.20. The number of halogens is 1. The van der Waals surface area contributed by atoms with Gasteiger partial charge in [0.25, 0.3) is 5.91 Å². The van der Waals surface area contributed by atoms with Crippen LogP contribution >= 0.6 is 0 Å². The summed E-state index contributed by atoms with van der Waals surface area (Å²) in [6.07, 6.45) is -0.106. The van der Waals surface area contributed by atoms with E-state index < -0.39 is 17.9 Å². The van der Waals surface area contributed by atoms with Crippen LogP contribution in [0.2, 0.25) is 0 Å². The Morgan fingerprint density at radius 2 is 1.96 bits per heavy atom. The smallest absolute Gasteiger partial charge is 0.335 e. The van der Waals surface area contributed by atoms with Crippen LogP contribution < -0.4 is 9.64 Å². The lowest BCUT2D eigenvalue weighted by atomic mass is 10.1. The van der Waals surface area contributed by atoms with Gasteiger partial charge in [0.15, 0.2) is 6.10 Å². The summed E-state index contributed by atoms with van der Waals surface area (Å²) in [7, 11) is 0. The fourth-order valence-corrected chi connectivity index (χ4v) is 2.65. The number of hydrogen-bond donors (Lipinski definition) is 1. The zero-order valence-corrected chi connectivity index (χ0v) is 13.0. The normalized spacial score (nSPS) is 16.5. The lowest BCUT2D eigenvalue weighted by molar-refractivity contribution is -0.126. The highest BCUT2D eigenvalue weighted by Gasteiger charge is 2.33. The van der Waals surface area contributed by atoms with Gasteiger partial charge in [0.05, 0.1) is 17.8 Å². The van der Waals surface area contributed by atoms with Gasteiger partial charge in [-0.1, -0.05) is 19.1 Å². The lowest BCUT2D eigenvalue weighted by Gasteiger charge is -2.34. The second kappa shape index (κ2) is 6.31. The third kappa shape index (κ3) is 2.95. The molecule has 0 radical (unpaired) electrons. The van der Waals surface area contributed by atoms with Gasteiger partial charge < -0.3 is 14.7 Å². The van der Waals surface area contributed by atoms with Gasteiger partial charge >= 0.3 is 5.97 Å². The molecular weight excluding hydrogens is 313 g/mol. The molecule has 0 aromatic heterocycles. The van der Waals surface area contributed by atoms with Crippen molar-refractivity contribution in [1.82, 2.24) is 0 Å². The van der Waals surface area contributed by atoms with Crippen LogP contribution in [0.15, 0.2) is 42.5 Å². The molecular formula is C18H16FNO4. The maximum atomic E-state index is 13.6. The van der Waals surface area contributed by atoms with Crippen molar-refractivity contribution in [3.63, 3.8) is 0 Å². The molecule has 1 atom stereocenters. The van der Waals surface area contributed by atoms with Gasteiger partial charge in [0, 0.05) is 6.07 Å². The SMILES string of the molecule is CCC1Oc2ccc(F)cc2N(Cc2ccc(C(=O)O)cc2)C1=O. The van der Waals surface area contributed by atoms with Crippen LogP contribution in [0.3, 0.4) is 0 Å². The number of carbonyl (C=O) groups is 2. The first-order valence-corrected chi connectivity index (χ1v) is 7.59. The molecule has 0 saturated carbocycles. The summed E-state index contributed by atoms with van der Waals surface area (Å²) in [5.74, 6) is -1.24. The number of ether oxygens (including phenoxy) is 1. The fourth-order valence-electron chi connectivity index (χ4n) is 2.65. The largest absolute Gasteiger partial charge is 0.478 e. The summed E-state index contributed by atoms with van der Waals surface area (Å²) in [6, 6.07) is 10.3. The Labute approximate surface area is 138 Å². The Morgan fingerprint density at radius 1 is 1.25 bits per heavy atom. The van der Waals surface area contributed by atoms with Crippen molar-refractivity contribution >= 4 is 17.6 Å². The summed E-state index contributed by atoms with van der Waals surface area (Å²) >= 11 is 0. The lowest BCUT2D eigenvalue weighted by Crippen LogP contribution is -2.45. The van der Waals surface area contributed by atoms with Gasteiger partial charge in [0.2, 0.25) is 0 Å². The summed E-state index contributed by atoms with van der Waals surface area (Å²) < 4.78 is 19.2. The van der Waals surface area contributed by atoms with Crippen LogP contribution in [0.25, 0.3) is 0 Å². The number of amides is 1. The summed E-state index contributed by atoms with van der Waals surface area (Å²) in [5.41, 5.74) is 1.30. The Morgan fingerprint density at radius 3 is 2.58 bits per heavy atom. The molecule has 0 saturated heterocycles. The van der Waals surface area contributed by atoms with Gasteiger partial charge in [0.1, 0.15) is 11.6 Å². The van der Waals surface area contributed by atoms with E-state index in [-0.39, 0.29) is 18.0 Å². The molecule has 1 aliphatic heterocycles. The summed E-state index contributed by atoms with van der Waals surface area (Å²) in [6.45, 7) is 2.06. The minimum Gasteiger partial charge on any atom is -0.478 e. The molecule has 1 aliphatic rings. The predicted octanol–water partition coefficient (Wildman–Crippen LogP) is 3.23. The van der Waals surface area contributed by atoms with Crippen molar-refractivity contribution in [2.75, 3.05) is 4.90 Å². The van der Waals surface area contributed by atoms with Gasteiger partial charge in [-0.15, -0.1) is 0 Å². The van der Waals surface area contributed by atoms with Crippen LogP contribution in [0.1, 0.15) is 29.3 Å². The van der Waals surface area contributed by atoms with E-state index in [9.17, 15) is 14.0 Å². The van der Waals surface area contributed by atoms with Crippen molar-refractivity contribution in [2.45, 2.75) is 26.0 Å². The van der Waals surface area contributed by atoms with Gasteiger partial charge in [-0.25, -0.2) is 9.18 Å². The number of aromatic carboxylic acids is 1. The monoisotopic (exact) mass is 329 g/mol. The van der Waals surface area contributed by atoms with E-state index in [4.69, 9.17) is 9.84 Å².